The van der Waals surface area contributed by atoms with Crippen LogP contribution in [0.2, 0.25) is 0 Å². The number of rotatable bonds is 3. The van der Waals surface area contributed by atoms with E-state index < -0.39 is 0 Å². The Hall–Kier alpha value is -1.69. The van der Waals surface area contributed by atoms with Crippen molar-refractivity contribution in [3.63, 3.8) is 0 Å². The summed E-state index contributed by atoms with van der Waals surface area (Å²) >= 11 is 0. The summed E-state index contributed by atoms with van der Waals surface area (Å²) in [7, 11) is 0. The first-order valence-corrected chi connectivity index (χ1v) is 5.94. The normalized spacial score (nSPS) is 19.9. The minimum atomic E-state index is 0.0249. The van der Waals surface area contributed by atoms with Crippen molar-refractivity contribution in [1.82, 2.24) is 19.7 Å². The minimum absolute atomic E-state index is 0.0249. The van der Waals surface area contributed by atoms with Crippen LogP contribution < -0.4 is 5.32 Å². The number of anilines is 1. The third-order valence-corrected chi connectivity index (χ3v) is 2.91. The van der Waals surface area contributed by atoms with Gasteiger partial charge in [-0.05, 0) is 19.8 Å². The summed E-state index contributed by atoms with van der Waals surface area (Å²) in [6.45, 7) is 3.67. The van der Waals surface area contributed by atoms with Gasteiger partial charge in [0.05, 0.1) is 11.6 Å². The molecule has 2 aromatic heterocycles. The molecule has 0 amide bonds. The van der Waals surface area contributed by atoms with Crippen LogP contribution in [0.25, 0.3) is 11.0 Å². The molecule has 3 heterocycles. The Morgan fingerprint density at radius 2 is 2.47 bits per heavy atom. The van der Waals surface area contributed by atoms with Crippen LogP contribution in [-0.4, -0.2) is 32.9 Å². The van der Waals surface area contributed by atoms with Crippen LogP contribution in [0.15, 0.2) is 12.5 Å². The average molecular weight is 233 g/mol. The smallest absolute Gasteiger partial charge is 0.165 e. The molecule has 17 heavy (non-hydrogen) atoms. The minimum Gasteiger partial charge on any atom is -0.370 e. The number of hydrogen-bond donors (Lipinski definition) is 1. The molecular formula is C11H15N5O. The molecule has 0 unspecified atom stereocenters. The summed E-state index contributed by atoms with van der Waals surface area (Å²) in [4.78, 5) is 8.52. The summed E-state index contributed by atoms with van der Waals surface area (Å²) < 4.78 is 7.48. The predicted molar refractivity (Wildman–Crippen MR) is 63.7 cm³/mol. The van der Waals surface area contributed by atoms with Gasteiger partial charge in [0.1, 0.15) is 12.1 Å². The van der Waals surface area contributed by atoms with Gasteiger partial charge in [0.15, 0.2) is 11.9 Å². The molecule has 0 bridgehead atoms. The summed E-state index contributed by atoms with van der Waals surface area (Å²) in [5, 5.41) is 8.53. The van der Waals surface area contributed by atoms with Crippen LogP contribution in [0, 0.1) is 0 Å². The second kappa shape index (κ2) is 4.29. The fraction of sp³-hybridized carbons (Fsp3) is 0.545. The Morgan fingerprint density at radius 3 is 3.24 bits per heavy atom. The Bertz CT molecular complexity index is 518. The molecule has 0 spiro atoms. The molecule has 1 saturated heterocycles. The lowest BCUT2D eigenvalue weighted by molar-refractivity contribution is 0.0499. The maximum absolute atomic E-state index is 5.62. The zero-order valence-electron chi connectivity index (χ0n) is 9.76. The number of fused-ring (bicyclic) bond motifs is 1. The van der Waals surface area contributed by atoms with E-state index in [-0.39, 0.29) is 6.23 Å². The summed E-state index contributed by atoms with van der Waals surface area (Å²) in [6, 6.07) is 0. The molecule has 1 aliphatic heterocycles. The quantitative estimate of drug-likeness (QED) is 0.871. The highest BCUT2D eigenvalue weighted by molar-refractivity contribution is 5.86. The monoisotopic (exact) mass is 233 g/mol. The molecule has 1 aliphatic rings. The van der Waals surface area contributed by atoms with Crippen molar-refractivity contribution in [3.8, 4) is 0 Å². The maximum Gasteiger partial charge on any atom is 0.165 e. The van der Waals surface area contributed by atoms with Crippen LogP contribution in [0.1, 0.15) is 26.0 Å². The third-order valence-electron chi connectivity index (χ3n) is 2.91. The second-order valence-electron chi connectivity index (χ2n) is 4.05. The summed E-state index contributed by atoms with van der Waals surface area (Å²) in [5.74, 6) is 0.835. The molecule has 6 heteroatoms. The van der Waals surface area contributed by atoms with Crippen molar-refractivity contribution in [2.45, 2.75) is 26.0 Å². The molecule has 1 atom stereocenters. The highest BCUT2D eigenvalue weighted by Gasteiger charge is 2.21. The molecule has 0 aromatic carbocycles. The number of hydrogen-bond acceptors (Lipinski definition) is 5. The standard InChI is InChI=1S/C11H15N5O/c1-2-12-10-8-6-15-16(9-4-3-5-17-9)11(8)14-7-13-10/h6-7,9H,2-5H2,1H3,(H,12,13,14)/t9-/m0/s1. The number of nitrogens with zero attached hydrogens (tertiary/aromatic N) is 4. The van der Waals surface area contributed by atoms with Crippen LogP contribution in [0.5, 0.6) is 0 Å². The van der Waals surface area contributed by atoms with Gasteiger partial charge < -0.3 is 10.1 Å². The van der Waals surface area contributed by atoms with Gasteiger partial charge >= 0.3 is 0 Å². The number of nitrogens with one attached hydrogen (secondary N) is 1. The van der Waals surface area contributed by atoms with E-state index in [1.54, 1.807) is 12.5 Å². The molecule has 0 radical (unpaired) electrons. The fourth-order valence-electron chi connectivity index (χ4n) is 2.13. The molecule has 1 N–H and O–H groups in total. The van der Waals surface area contributed by atoms with E-state index in [0.29, 0.717) is 0 Å². The van der Waals surface area contributed by atoms with Crippen molar-refractivity contribution in [2.24, 2.45) is 0 Å². The lowest BCUT2D eigenvalue weighted by Crippen LogP contribution is -2.09. The highest BCUT2D eigenvalue weighted by Crippen LogP contribution is 2.27. The van der Waals surface area contributed by atoms with E-state index in [4.69, 9.17) is 4.74 Å². The van der Waals surface area contributed by atoms with Crippen molar-refractivity contribution < 1.29 is 4.74 Å². The van der Waals surface area contributed by atoms with Gasteiger partial charge in [0.25, 0.3) is 0 Å². The largest absolute Gasteiger partial charge is 0.370 e. The zero-order valence-corrected chi connectivity index (χ0v) is 9.76. The SMILES string of the molecule is CCNc1ncnc2c1cnn2[C@@H]1CCCO1. The Balaban J connectivity index is 2.06. The maximum atomic E-state index is 5.62. The highest BCUT2D eigenvalue weighted by atomic mass is 16.5. The molecule has 6 nitrogen and oxygen atoms in total. The van der Waals surface area contributed by atoms with E-state index in [0.717, 1.165) is 42.8 Å². The van der Waals surface area contributed by atoms with Crippen LogP contribution in [0.3, 0.4) is 0 Å². The third kappa shape index (κ3) is 1.74. The molecule has 2 aromatic rings. The second-order valence-corrected chi connectivity index (χ2v) is 4.05. The van der Waals surface area contributed by atoms with Gasteiger partial charge in [-0.25, -0.2) is 14.6 Å². The van der Waals surface area contributed by atoms with E-state index >= 15 is 0 Å². The van der Waals surface area contributed by atoms with Crippen molar-refractivity contribution in [1.29, 1.82) is 0 Å². The van der Waals surface area contributed by atoms with Gasteiger partial charge in [0, 0.05) is 13.2 Å². The van der Waals surface area contributed by atoms with Crippen molar-refractivity contribution in [2.75, 3.05) is 18.5 Å². The van der Waals surface area contributed by atoms with Gasteiger partial charge in [-0.15, -0.1) is 0 Å². The van der Waals surface area contributed by atoms with Gasteiger partial charge in [-0.3, -0.25) is 0 Å². The van der Waals surface area contributed by atoms with Crippen molar-refractivity contribution >= 4 is 16.9 Å². The summed E-state index contributed by atoms with van der Waals surface area (Å²) in [5.41, 5.74) is 0.836. The van der Waals surface area contributed by atoms with Crippen LogP contribution in [-0.2, 0) is 4.74 Å². The predicted octanol–water partition coefficient (Wildman–Crippen LogP) is 1.57. The van der Waals surface area contributed by atoms with E-state index in [2.05, 4.69) is 20.4 Å². The average Bonchev–Trinajstić information content (AvgIpc) is 2.97. The Kier molecular flexibility index (Phi) is 2.64. The molecule has 0 saturated carbocycles. The zero-order chi connectivity index (χ0) is 11.7. The van der Waals surface area contributed by atoms with Gasteiger partial charge in [-0.1, -0.05) is 0 Å². The number of aromatic nitrogens is 4. The first-order valence-electron chi connectivity index (χ1n) is 5.94. The number of ether oxygens (including phenoxy) is 1. The topological polar surface area (TPSA) is 64.9 Å². The van der Waals surface area contributed by atoms with E-state index in [1.165, 1.54) is 0 Å². The first-order chi connectivity index (χ1) is 8.40. The lowest BCUT2D eigenvalue weighted by atomic mass is 10.3. The van der Waals surface area contributed by atoms with Crippen LogP contribution in [0.4, 0.5) is 5.82 Å². The van der Waals surface area contributed by atoms with Crippen LogP contribution >= 0.6 is 0 Å². The fourth-order valence-corrected chi connectivity index (χ4v) is 2.13. The van der Waals surface area contributed by atoms with Gasteiger partial charge in [0.2, 0.25) is 0 Å². The first kappa shape index (κ1) is 10.5. The lowest BCUT2D eigenvalue weighted by Gasteiger charge is -2.10. The molecule has 0 aliphatic carbocycles. The molecule has 3 rings (SSSR count). The molecule has 1 fully saturated rings. The van der Waals surface area contributed by atoms with Crippen molar-refractivity contribution in [3.05, 3.63) is 12.5 Å². The Labute approximate surface area is 99.0 Å². The van der Waals surface area contributed by atoms with E-state index in [9.17, 15) is 0 Å². The molecule has 90 valence electrons. The molecular weight excluding hydrogens is 218 g/mol. The van der Waals surface area contributed by atoms with Gasteiger partial charge in [-0.2, -0.15) is 5.10 Å². The summed E-state index contributed by atoms with van der Waals surface area (Å²) in [6.07, 6.45) is 5.47. The van der Waals surface area contributed by atoms with E-state index in [1.807, 2.05) is 11.6 Å². The Morgan fingerprint density at radius 1 is 1.53 bits per heavy atom.